The molecule has 2 unspecified atom stereocenters. The summed E-state index contributed by atoms with van der Waals surface area (Å²) in [6.07, 6.45) is 7.33. The summed E-state index contributed by atoms with van der Waals surface area (Å²) >= 11 is 0. The Morgan fingerprint density at radius 1 is 0.565 bits per heavy atom. The number of aliphatic hydroxyl groups is 1. The Balaban J connectivity index is 2.48. The largest absolute Gasteiger partial charge is 0.370 e. The summed E-state index contributed by atoms with van der Waals surface area (Å²) in [5, 5.41) is 32.2. The molecule has 1 heterocycles. The van der Waals surface area contributed by atoms with Crippen LogP contribution in [0.5, 0.6) is 0 Å². The zero-order valence-corrected chi connectivity index (χ0v) is 35.1. The molecule has 0 radical (unpaired) electrons. The Bertz CT molecular complexity index is 1640. The minimum Gasteiger partial charge on any atom is -0.370 e. The Hall–Kier alpha value is -6.59. The van der Waals surface area contributed by atoms with Crippen LogP contribution in [0.3, 0.4) is 0 Å². The predicted octanol–water partition coefficient (Wildman–Crippen LogP) is -5.24. The minimum absolute atomic E-state index is 0.0886. The quantitative estimate of drug-likeness (QED) is 0.0282. The van der Waals surface area contributed by atoms with Crippen LogP contribution in [0.1, 0.15) is 77.6 Å². The van der Waals surface area contributed by atoms with Crippen LogP contribution < -0.4 is 59.3 Å². The van der Waals surface area contributed by atoms with Crippen LogP contribution in [0.2, 0.25) is 0 Å². The number of primary amides is 2. The first-order valence-electron chi connectivity index (χ1n) is 20.3. The number of carbonyl (C=O) groups is 11. The molecule has 1 aliphatic heterocycles. The van der Waals surface area contributed by atoms with Crippen molar-refractivity contribution in [1.29, 1.82) is 0 Å². The fourth-order valence-electron chi connectivity index (χ4n) is 5.43. The molecule has 2 atom stereocenters. The van der Waals surface area contributed by atoms with E-state index >= 15 is 0 Å². The van der Waals surface area contributed by atoms with Gasteiger partial charge >= 0.3 is 0 Å². The second-order valence-corrected chi connectivity index (χ2v) is 13.9. The lowest BCUT2D eigenvalue weighted by atomic mass is 10.1. The molecule has 14 N–H and O–H groups in total. The van der Waals surface area contributed by atoms with Gasteiger partial charge in [0.2, 0.25) is 65.0 Å². The number of amides is 11. The van der Waals surface area contributed by atoms with Gasteiger partial charge in [-0.25, -0.2) is 0 Å². The van der Waals surface area contributed by atoms with Crippen LogP contribution in [0.15, 0.2) is 23.9 Å². The third-order valence-corrected chi connectivity index (χ3v) is 8.76. The number of hydrogen-bond donors (Lipinski definition) is 12. The maximum absolute atomic E-state index is 13.2. The van der Waals surface area contributed by atoms with Crippen LogP contribution in [0, 0.1) is 0 Å². The van der Waals surface area contributed by atoms with Crippen molar-refractivity contribution in [3.05, 3.63) is 23.9 Å². The Labute approximate surface area is 359 Å². The standard InChI is InChI=1S/C38H62N12O12/c1-2-25-14-15-37(61)50(25)18-17-42-38(62)26(49-36(60)24-48-35(59)23-47-33(57)21-44-30(54)13-6-4-11-28(40)52)9-7-8-16-41-31(55)19-45-34(58)22-46-32(56)20-43-29(53)12-5-3-10-27(39)51/h2,14-15,26,37,61H,3-13,16-24H2,1H3,(H2,39,51)(H2,40,52)(H,41,55)(H,42,62)(H,43,53)(H,44,54)(H,45,58)(H,46,56)(H,47,57)(H,48,59)(H,49,60). The Morgan fingerprint density at radius 2 is 0.984 bits per heavy atom. The molecular formula is C38H62N12O12. The third kappa shape index (κ3) is 26.5. The van der Waals surface area contributed by atoms with Crippen molar-refractivity contribution in [2.45, 2.75) is 89.8 Å². The first-order valence-corrected chi connectivity index (χ1v) is 20.3. The van der Waals surface area contributed by atoms with Gasteiger partial charge in [0.25, 0.3) is 0 Å². The average molecular weight is 879 g/mol. The molecule has 1 aliphatic rings. The number of rotatable bonds is 32. The summed E-state index contributed by atoms with van der Waals surface area (Å²) in [7, 11) is 0. The molecule has 0 aromatic heterocycles. The molecule has 1 rings (SSSR count). The molecule has 0 bridgehead atoms. The highest BCUT2D eigenvalue weighted by Crippen LogP contribution is 2.17. The number of nitrogens with two attached hydrogens (primary N) is 2. The molecule has 24 heteroatoms. The van der Waals surface area contributed by atoms with Crippen molar-refractivity contribution in [3.8, 4) is 0 Å². The lowest BCUT2D eigenvalue weighted by Crippen LogP contribution is -2.51. The van der Waals surface area contributed by atoms with Gasteiger partial charge in [-0.3, -0.25) is 52.7 Å². The number of unbranched alkanes of at least 4 members (excludes halogenated alkanes) is 3. The van der Waals surface area contributed by atoms with E-state index in [4.69, 9.17) is 11.5 Å². The van der Waals surface area contributed by atoms with Crippen molar-refractivity contribution in [2.24, 2.45) is 11.5 Å². The SMILES string of the molecule is CC=C1C=CC(O)N1CCNC(=O)C(CCCCNC(=O)CNC(=O)CNC(=O)CNC(=O)CCCCC(N)=O)NC(=O)CNC(=O)CNC(=O)CNC(=O)CCCCC(N)=O. The molecule has 0 spiro atoms. The zero-order valence-electron chi connectivity index (χ0n) is 35.1. The highest BCUT2D eigenvalue weighted by atomic mass is 16.3. The van der Waals surface area contributed by atoms with Crippen LogP contribution >= 0.6 is 0 Å². The van der Waals surface area contributed by atoms with Crippen molar-refractivity contribution in [1.82, 2.24) is 52.8 Å². The molecule has 11 amide bonds. The van der Waals surface area contributed by atoms with E-state index in [-0.39, 0.29) is 64.8 Å². The minimum atomic E-state index is -1.05. The molecule has 0 fully saturated rings. The molecule has 346 valence electrons. The Morgan fingerprint density at radius 3 is 1.44 bits per heavy atom. The van der Waals surface area contributed by atoms with Gasteiger partial charge in [-0.15, -0.1) is 0 Å². The fraction of sp³-hybridized carbons (Fsp3) is 0.605. The van der Waals surface area contributed by atoms with E-state index < -0.39 is 103 Å². The number of nitrogens with zero attached hydrogens (tertiary/aromatic N) is 1. The lowest BCUT2D eigenvalue weighted by Gasteiger charge is -2.25. The summed E-state index contributed by atoms with van der Waals surface area (Å²) in [4.78, 5) is 133. The van der Waals surface area contributed by atoms with E-state index in [1.54, 1.807) is 30.1 Å². The van der Waals surface area contributed by atoms with E-state index in [0.29, 0.717) is 38.5 Å². The highest BCUT2D eigenvalue weighted by Gasteiger charge is 2.23. The second kappa shape index (κ2) is 31.3. The molecule has 0 saturated heterocycles. The predicted molar refractivity (Wildman–Crippen MR) is 221 cm³/mol. The fourth-order valence-corrected chi connectivity index (χ4v) is 5.43. The van der Waals surface area contributed by atoms with Crippen LogP contribution in [0.25, 0.3) is 0 Å². The molecule has 62 heavy (non-hydrogen) atoms. The van der Waals surface area contributed by atoms with Gasteiger partial charge in [-0.1, -0.05) is 6.08 Å². The summed E-state index contributed by atoms with van der Waals surface area (Å²) in [5.41, 5.74) is 10.9. The van der Waals surface area contributed by atoms with Gasteiger partial charge in [0, 0.05) is 51.0 Å². The number of allylic oxidation sites excluding steroid dienone is 2. The first kappa shape index (κ1) is 53.4. The van der Waals surface area contributed by atoms with Gasteiger partial charge in [0.1, 0.15) is 12.3 Å². The van der Waals surface area contributed by atoms with E-state index in [2.05, 4.69) is 47.9 Å². The number of aliphatic hydroxyl groups excluding tert-OH is 1. The van der Waals surface area contributed by atoms with E-state index in [1.165, 1.54) is 0 Å². The zero-order chi connectivity index (χ0) is 46.3. The number of hydrogen-bond acceptors (Lipinski definition) is 13. The molecule has 0 aromatic rings. The maximum atomic E-state index is 13.2. The number of nitrogens with one attached hydrogen (secondary N) is 9. The molecule has 0 saturated carbocycles. The van der Waals surface area contributed by atoms with Gasteiger partial charge < -0.3 is 69.3 Å². The highest BCUT2D eigenvalue weighted by molar-refractivity contribution is 5.92. The van der Waals surface area contributed by atoms with Crippen LogP contribution in [-0.2, 0) is 52.7 Å². The van der Waals surface area contributed by atoms with E-state index in [0.717, 1.165) is 5.70 Å². The lowest BCUT2D eigenvalue weighted by molar-refractivity contribution is -0.130. The number of carbonyl (C=O) groups excluding carboxylic acids is 11. The molecule has 0 aromatic carbocycles. The van der Waals surface area contributed by atoms with E-state index in [9.17, 15) is 57.8 Å². The second-order valence-electron chi connectivity index (χ2n) is 13.9. The summed E-state index contributed by atoms with van der Waals surface area (Å²) < 4.78 is 0. The maximum Gasteiger partial charge on any atom is 0.242 e. The Kier molecular flexibility index (Phi) is 27.0. The van der Waals surface area contributed by atoms with Gasteiger partial charge in [0.05, 0.1) is 39.3 Å². The van der Waals surface area contributed by atoms with Crippen LogP contribution in [0.4, 0.5) is 0 Å². The van der Waals surface area contributed by atoms with Gasteiger partial charge in [0.15, 0.2) is 0 Å². The smallest absolute Gasteiger partial charge is 0.242 e. The van der Waals surface area contributed by atoms with Gasteiger partial charge in [-0.05, 0) is 64.0 Å². The topological polar surface area (TPSA) is 372 Å². The monoisotopic (exact) mass is 878 g/mol. The average Bonchev–Trinajstić information content (AvgIpc) is 3.59. The summed E-state index contributed by atoms with van der Waals surface area (Å²) in [6.45, 7) is -0.258. The van der Waals surface area contributed by atoms with Crippen LogP contribution in [-0.4, -0.2) is 146 Å². The molecular weight excluding hydrogens is 816 g/mol. The van der Waals surface area contributed by atoms with Crippen molar-refractivity contribution >= 4 is 65.0 Å². The summed E-state index contributed by atoms with van der Waals surface area (Å²) in [6, 6.07) is -1.05. The van der Waals surface area contributed by atoms with Crippen molar-refractivity contribution in [3.63, 3.8) is 0 Å². The third-order valence-electron chi connectivity index (χ3n) is 8.76. The molecule has 0 aliphatic carbocycles. The van der Waals surface area contributed by atoms with E-state index in [1.807, 2.05) is 0 Å². The normalized spacial score (nSPS) is 13.9. The van der Waals surface area contributed by atoms with Gasteiger partial charge in [-0.2, -0.15) is 0 Å². The van der Waals surface area contributed by atoms with Crippen molar-refractivity contribution < 1.29 is 57.8 Å². The first-order chi connectivity index (χ1) is 29.5. The summed E-state index contributed by atoms with van der Waals surface area (Å²) in [5.74, 6) is -6.17. The molecule has 24 nitrogen and oxygen atoms in total. The van der Waals surface area contributed by atoms with Crippen molar-refractivity contribution in [2.75, 3.05) is 58.9 Å².